The monoisotopic (exact) mass is 345 g/mol. The highest BCUT2D eigenvalue weighted by atomic mass is 16.5. The maximum atomic E-state index is 5.93. The van der Waals surface area contributed by atoms with Gasteiger partial charge in [-0.15, -0.1) is 0 Å². The molecule has 0 spiro atoms. The van der Waals surface area contributed by atoms with Crippen molar-refractivity contribution in [3.05, 3.63) is 23.5 Å². The molecule has 0 radical (unpaired) electrons. The summed E-state index contributed by atoms with van der Waals surface area (Å²) in [5.74, 6) is 1.92. The lowest BCUT2D eigenvalue weighted by Gasteiger charge is -2.28. The molecule has 3 N–H and O–H groups in total. The first kappa shape index (κ1) is 17.5. The third-order valence-electron chi connectivity index (χ3n) is 4.25. The first-order valence-electron chi connectivity index (χ1n) is 8.56. The highest BCUT2D eigenvalue weighted by Gasteiger charge is 2.19. The van der Waals surface area contributed by atoms with Crippen molar-refractivity contribution >= 4 is 17.6 Å². The summed E-state index contributed by atoms with van der Waals surface area (Å²) in [4.78, 5) is 13.0. The van der Waals surface area contributed by atoms with E-state index < -0.39 is 0 Å². The molecular formula is C17H27N7O. The van der Waals surface area contributed by atoms with Crippen LogP contribution < -0.4 is 15.5 Å². The topological polar surface area (TPSA) is 96.2 Å². The molecule has 8 heteroatoms. The van der Waals surface area contributed by atoms with Crippen molar-refractivity contribution in [2.75, 3.05) is 48.9 Å². The van der Waals surface area contributed by atoms with Crippen LogP contribution in [0.2, 0.25) is 0 Å². The normalized spacial score (nSPS) is 15.4. The van der Waals surface area contributed by atoms with Crippen molar-refractivity contribution in [2.45, 2.75) is 32.7 Å². The molecule has 2 aromatic rings. The molecule has 0 amide bonds. The molecule has 0 aromatic carbocycles. The molecule has 1 fully saturated rings. The van der Waals surface area contributed by atoms with E-state index in [1.165, 1.54) is 0 Å². The Morgan fingerprint density at radius 1 is 1.24 bits per heavy atom. The standard InChI is InChI=1S/C17H27N7O/c1-17(2,3)13-9-12(21-22-13)11-23(4)14-10-15(20-16(18)19-14)24-5-7-25-8-6-24/h9-10H,5-8,11H2,1-4H3,(H,21,22)(H2,18,19,20). The van der Waals surface area contributed by atoms with Gasteiger partial charge in [0.2, 0.25) is 5.95 Å². The molecular weight excluding hydrogens is 318 g/mol. The minimum Gasteiger partial charge on any atom is -0.378 e. The third kappa shape index (κ3) is 4.19. The van der Waals surface area contributed by atoms with E-state index >= 15 is 0 Å². The molecule has 0 unspecified atom stereocenters. The molecule has 1 aliphatic rings. The SMILES string of the molecule is CN(Cc1cc(C(C)(C)C)n[nH]1)c1cc(N2CCOCC2)nc(N)n1. The van der Waals surface area contributed by atoms with Crippen LogP contribution in [0.3, 0.4) is 0 Å². The number of aromatic amines is 1. The predicted molar refractivity (Wildman–Crippen MR) is 98.9 cm³/mol. The predicted octanol–water partition coefficient (Wildman–Crippen LogP) is 1.55. The molecule has 1 aliphatic heterocycles. The quantitative estimate of drug-likeness (QED) is 0.868. The van der Waals surface area contributed by atoms with Crippen LogP contribution in [0.4, 0.5) is 17.6 Å². The molecule has 2 aromatic heterocycles. The maximum Gasteiger partial charge on any atom is 0.223 e. The van der Waals surface area contributed by atoms with E-state index in [1.54, 1.807) is 0 Å². The minimum absolute atomic E-state index is 0.0240. The van der Waals surface area contributed by atoms with Gasteiger partial charge in [0.25, 0.3) is 0 Å². The highest BCUT2D eigenvalue weighted by Crippen LogP contribution is 2.23. The fourth-order valence-corrected chi connectivity index (χ4v) is 2.75. The number of rotatable bonds is 4. The van der Waals surface area contributed by atoms with Crippen LogP contribution in [0.25, 0.3) is 0 Å². The van der Waals surface area contributed by atoms with E-state index in [2.05, 4.69) is 51.9 Å². The zero-order valence-corrected chi connectivity index (χ0v) is 15.4. The van der Waals surface area contributed by atoms with Crippen molar-refractivity contribution < 1.29 is 4.74 Å². The Labute approximate surface area is 148 Å². The Morgan fingerprint density at radius 3 is 2.60 bits per heavy atom. The summed E-state index contributed by atoms with van der Waals surface area (Å²) in [5.41, 5.74) is 8.04. The van der Waals surface area contributed by atoms with Crippen LogP contribution in [0.5, 0.6) is 0 Å². The molecule has 3 heterocycles. The molecule has 0 bridgehead atoms. The summed E-state index contributed by atoms with van der Waals surface area (Å²) in [7, 11) is 1.99. The number of ether oxygens (including phenoxy) is 1. The van der Waals surface area contributed by atoms with Gasteiger partial charge >= 0.3 is 0 Å². The van der Waals surface area contributed by atoms with E-state index in [9.17, 15) is 0 Å². The lowest BCUT2D eigenvalue weighted by molar-refractivity contribution is 0.122. The average Bonchev–Trinajstić information content (AvgIpc) is 3.04. The summed E-state index contributed by atoms with van der Waals surface area (Å²) < 4.78 is 5.40. The Hall–Kier alpha value is -2.35. The highest BCUT2D eigenvalue weighted by molar-refractivity contribution is 5.54. The van der Waals surface area contributed by atoms with Crippen molar-refractivity contribution in [1.29, 1.82) is 0 Å². The number of anilines is 3. The molecule has 25 heavy (non-hydrogen) atoms. The number of morpholine rings is 1. The lowest BCUT2D eigenvalue weighted by Crippen LogP contribution is -2.37. The number of nitrogens with two attached hydrogens (primary N) is 1. The van der Waals surface area contributed by atoms with Gasteiger partial charge in [-0.1, -0.05) is 20.8 Å². The van der Waals surface area contributed by atoms with E-state index in [0.29, 0.717) is 19.8 Å². The molecule has 0 saturated carbocycles. The molecule has 136 valence electrons. The van der Waals surface area contributed by atoms with Gasteiger partial charge < -0.3 is 20.3 Å². The number of aromatic nitrogens is 4. The van der Waals surface area contributed by atoms with Crippen LogP contribution in [-0.2, 0) is 16.7 Å². The number of nitrogens with zero attached hydrogens (tertiary/aromatic N) is 5. The van der Waals surface area contributed by atoms with Crippen LogP contribution in [0, 0.1) is 0 Å². The van der Waals surface area contributed by atoms with Crippen LogP contribution >= 0.6 is 0 Å². The van der Waals surface area contributed by atoms with Gasteiger partial charge in [-0.05, 0) is 6.07 Å². The summed E-state index contributed by atoms with van der Waals surface area (Å²) >= 11 is 0. The van der Waals surface area contributed by atoms with Crippen LogP contribution in [0.15, 0.2) is 12.1 Å². The molecule has 1 saturated heterocycles. The second-order valence-electron chi connectivity index (χ2n) is 7.43. The first-order valence-corrected chi connectivity index (χ1v) is 8.56. The summed E-state index contributed by atoms with van der Waals surface area (Å²) in [6.07, 6.45) is 0. The number of H-pyrrole nitrogens is 1. The fraction of sp³-hybridized carbons (Fsp3) is 0.588. The number of nitrogens with one attached hydrogen (secondary N) is 1. The fourth-order valence-electron chi connectivity index (χ4n) is 2.75. The Kier molecular flexibility index (Phi) is 4.80. The first-order chi connectivity index (χ1) is 11.8. The van der Waals surface area contributed by atoms with Crippen molar-refractivity contribution in [2.24, 2.45) is 0 Å². The summed E-state index contributed by atoms with van der Waals surface area (Å²) in [6, 6.07) is 4.08. The van der Waals surface area contributed by atoms with E-state index in [4.69, 9.17) is 10.5 Å². The van der Waals surface area contributed by atoms with E-state index in [1.807, 2.05) is 18.0 Å². The number of nitrogen functional groups attached to an aromatic ring is 1. The zero-order chi connectivity index (χ0) is 18.0. The van der Waals surface area contributed by atoms with Crippen molar-refractivity contribution in [3.63, 3.8) is 0 Å². The van der Waals surface area contributed by atoms with Crippen LogP contribution in [-0.4, -0.2) is 53.5 Å². The van der Waals surface area contributed by atoms with Gasteiger partial charge in [-0.3, -0.25) is 5.10 Å². The molecule has 0 aliphatic carbocycles. The average molecular weight is 345 g/mol. The number of hydrogen-bond donors (Lipinski definition) is 2. The Bertz CT molecular complexity index is 716. The summed E-state index contributed by atoms with van der Waals surface area (Å²) in [6.45, 7) is 10.2. The van der Waals surface area contributed by atoms with Gasteiger partial charge in [-0.2, -0.15) is 15.1 Å². The maximum absolute atomic E-state index is 5.93. The minimum atomic E-state index is 0.0240. The molecule has 3 rings (SSSR count). The Balaban J connectivity index is 1.76. The van der Waals surface area contributed by atoms with Gasteiger partial charge in [0, 0.05) is 31.6 Å². The largest absolute Gasteiger partial charge is 0.378 e. The Morgan fingerprint density at radius 2 is 1.96 bits per heavy atom. The van der Waals surface area contributed by atoms with Gasteiger partial charge in [0.05, 0.1) is 31.1 Å². The van der Waals surface area contributed by atoms with Crippen molar-refractivity contribution in [1.82, 2.24) is 20.2 Å². The second-order valence-corrected chi connectivity index (χ2v) is 7.43. The lowest BCUT2D eigenvalue weighted by atomic mass is 9.92. The van der Waals surface area contributed by atoms with Crippen LogP contribution in [0.1, 0.15) is 32.2 Å². The smallest absolute Gasteiger partial charge is 0.223 e. The third-order valence-corrected chi connectivity index (χ3v) is 4.25. The zero-order valence-electron chi connectivity index (χ0n) is 15.4. The van der Waals surface area contributed by atoms with E-state index in [-0.39, 0.29) is 11.4 Å². The summed E-state index contributed by atoms with van der Waals surface area (Å²) in [5, 5.41) is 7.52. The molecule has 8 nitrogen and oxygen atoms in total. The van der Waals surface area contributed by atoms with Gasteiger partial charge in [0.15, 0.2) is 0 Å². The molecule has 0 atom stereocenters. The van der Waals surface area contributed by atoms with Crippen molar-refractivity contribution in [3.8, 4) is 0 Å². The van der Waals surface area contributed by atoms with E-state index in [0.717, 1.165) is 36.1 Å². The second kappa shape index (κ2) is 6.87. The number of hydrogen-bond acceptors (Lipinski definition) is 7. The van der Waals surface area contributed by atoms with Gasteiger partial charge in [0.1, 0.15) is 11.6 Å². The van der Waals surface area contributed by atoms with Gasteiger partial charge in [-0.25, -0.2) is 0 Å².